The van der Waals surface area contributed by atoms with Crippen molar-refractivity contribution in [2.45, 2.75) is 24.9 Å². The van der Waals surface area contributed by atoms with Gasteiger partial charge in [0.15, 0.2) is 0 Å². The van der Waals surface area contributed by atoms with Gasteiger partial charge in [-0.1, -0.05) is 0 Å². The maximum Gasteiger partial charge on any atom is 0.224 e. The number of aromatic amines is 1. The number of benzene rings is 1. The van der Waals surface area contributed by atoms with Crippen molar-refractivity contribution in [1.82, 2.24) is 10.3 Å². The number of rotatable bonds is 4. The van der Waals surface area contributed by atoms with Crippen LogP contribution in [0, 0.1) is 5.82 Å². The van der Waals surface area contributed by atoms with Crippen molar-refractivity contribution in [3.63, 3.8) is 0 Å². The Balaban J connectivity index is 1.62. The quantitative estimate of drug-likeness (QED) is 0.801. The summed E-state index contributed by atoms with van der Waals surface area (Å²) in [5.74, 6) is -0.518. The van der Waals surface area contributed by atoms with E-state index in [1.54, 1.807) is 12.3 Å². The van der Waals surface area contributed by atoms with E-state index >= 15 is 0 Å². The summed E-state index contributed by atoms with van der Waals surface area (Å²) in [6, 6.07) is 4.45. The molecule has 3 rings (SSSR count). The van der Waals surface area contributed by atoms with Crippen LogP contribution in [0.25, 0.3) is 10.9 Å². The van der Waals surface area contributed by atoms with Gasteiger partial charge in [0.2, 0.25) is 5.91 Å². The summed E-state index contributed by atoms with van der Waals surface area (Å²) >= 11 is 0. The van der Waals surface area contributed by atoms with Crippen LogP contribution in [0.5, 0.6) is 0 Å². The fourth-order valence-electron chi connectivity index (χ4n) is 2.72. The van der Waals surface area contributed by atoms with Crippen molar-refractivity contribution < 1.29 is 19.0 Å². The number of carbonyl (C=O) groups excluding carboxylic acids is 1. The molecule has 1 saturated heterocycles. The molecule has 2 aromatic rings. The number of aromatic nitrogens is 1. The Labute approximate surface area is 127 Å². The number of nitrogens with one attached hydrogen (secondary N) is 2. The zero-order valence-corrected chi connectivity index (χ0v) is 12.2. The van der Waals surface area contributed by atoms with Gasteiger partial charge in [-0.15, -0.1) is 0 Å². The lowest BCUT2D eigenvalue weighted by molar-refractivity contribution is -0.123. The number of ether oxygens (including phenoxy) is 1. The fraction of sp³-hybridized carbons (Fsp3) is 0.438. The van der Waals surface area contributed by atoms with E-state index in [0.29, 0.717) is 31.4 Å². The van der Waals surface area contributed by atoms with Gasteiger partial charge in [0, 0.05) is 49.7 Å². The molecule has 2 heterocycles. The van der Waals surface area contributed by atoms with Crippen molar-refractivity contribution in [2.24, 2.45) is 0 Å². The van der Waals surface area contributed by atoms with Gasteiger partial charge in [0.25, 0.3) is 0 Å². The molecule has 0 aliphatic carbocycles. The van der Waals surface area contributed by atoms with Crippen LogP contribution >= 0.6 is 0 Å². The Morgan fingerprint density at radius 1 is 1.41 bits per heavy atom. The van der Waals surface area contributed by atoms with Crippen molar-refractivity contribution in [3.8, 4) is 0 Å². The largest absolute Gasteiger partial charge is 0.388 e. The molecular weight excluding hydrogens is 287 g/mol. The lowest BCUT2D eigenvalue weighted by Gasteiger charge is -2.32. The third kappa shape index (κ3) is 3.28. The van der Waals surface area contributed by atoms with E-state index in [1.165, 1.54) is 12.1 Å². The maximum atomic E-state index is 13.3. The molecule has 0 spiro atoms. The Morgan fingerprint density at radius 2 is 2.18 bits per heavy atom. The topological polar surface area (TPSA) is 74.4 Å². The van der Waals surface area contributed by atoms with Crippen LogP contribution in [-0.4, -0.2) is 41.4 Å². The molecule has 1 amide bonds. The summed E-state index contributed by atoms with van der Waals surface area (Å²) in [4.78, 5) is 15.1. The Kier molecular flexibility index (Phi) is 4.13. The maximum absolute atomic E-state index is 13.3. The Bertz CT molecular complexity index is 677. The first-order chi connectivity index (χ1) is 10.6. The van der Waals surface area contributed by atoms with Crippen molar-refractivity contribution in [3.05, 3.63) is 35.8 Å². The van der Waals surface area contributed by atoms with Gasteiger partial charge in [-0.2, -0.15) is 0 Å². The van der Waals surface area contributed by atoms with Gasteiger partial charge in [-0.05, 0) is 23.8 Å². The summed E-state index contributed by atoms with van der Waals surface area (Å²) in [6.07, 6.45) is 2.90. The lowest BCUT2D eigenvalue weighted by Crippen LogP contribution is -2.46. The molecule has 0 saturated carbocycles. The number of hydrogen-bond acceptors (Lipinski definition) is 3. The average molecular weight is 306 g/mol. The van der Waals surface area contributed by atoms with Crippen LogP contribution in [0.2, 0.25) is 0 Å². The number of aliphatic hydroxyl groups is 1. The number of fused-ring (bicyclic) bond motifs is 1. The third-order valence-electron chi connectivity index (χ3n) is 4.12. The molecule has 1 aliphatic rings. The molecule has 0 radical (unpaired) electrons. The molecule has 0 atom stereocenters. The number of amides is 1. The van der Waals surface area contributed by atoms with E-state index in [9.17, 15) is 14.3 Å². The summed E-state index contributed by atoms with van der Waals surface area (Å²) in [6.45, 7) is 1.23. The second-order valence-electron chi connectivity index (χ2n) is 5.79. The van der Waals surface area contributed by atoms with Crippen LogP contribution in [0.4, 0.5) is 4.39 Å². The number of H-pyrrole nitrogens is 1. The lowest BCUT2D eigenvalue weighted by atomic mass is 9.94. The Hall–Kier alpha value is -1.92. The fourth-order valence-corrected chi connectivity index (χ4v) is 2.72. The minimum atomic E-state index is -0.889. The second-order valence-corrected chi connectivity index (χ2v) is 5.79. The van der Waals surface area contributed by atoms with Gasteiger partial charge in [0.1, 0.15) is 5.82 Å². The highest BCUT2D eigenvalue weighted by Crippen LogP contribution is 2.21. The first-order valence-corrected chi connectivity index (χ1v) is 7.38. The van der Waals surface area contributed by atoms with Gasteiger partial charge in [0.05, 0.1) is 12.0 Å². The summed E-state index contributed by atoms with van der Waals surface area (Å²) < 4.78 is 18.5. The normalized spacial score (nSPS) is 17.5. The Morgan fingerprint density at radius 3 is 2.95 bits per heavy atom. The van der Waals surface area contributed by atoms with Crippen LogP contribution in [0.3, 0.4) is 0 Å². The van der Waals surface area contributed by atoms with Crippen molar-refractivity contribution in [1.29, 1.82) is 0 Å². The number of halogens is 1. The standard InChI is InChI=1S/C16H19FN2O3/c17-12-1-2-14-13(8-12)11(9-18-14)7-15(20)19-10-16(21)3-5-22-6-4-16/h1-2,8-9,18,21H,3-7,10H2,(H,19,20). The van der Waals surface area contributed by atoms with Gasteiger partial charge >= 0.3 is 0 Å². The highest BCUT2D eigenvalue weighted by Gasteiger charge is 2.30. The van der Waals surface area contributed by atoms with Crippen LogP contribution < -0.4 is 5.32 Å². The monoisotopic (exact) mass is 306 g/mol. The summed E-state index contributed by atoms with van der Waals surface area (Å²) in [5.41, 5.74) is 0.651. The first-order valence-electron chi connectivity index (χ1n) is 7.38. The van der Waals surface area contributed by atoms with E-state index in [0.717, 1.165) is 11.1 Å². The predicted octanol–water partition coefficient (Wildman–Crippen LogP) is 1.51. The van der Waals surface area contributed by atoms with Crippen molar-refractivity contribution in [2.75, 3.05) is 19.8 Å². The smallest absolute Gasteiger partial charge is 0.224 e. The summed E-state index contributed by atoms with van der Waals surface area (Å²) in [5, 5.41) is 13.8. The highest BCUT2D eigenvalue weighted by atomic mass is 19.1. The predicted molar refractivity (Wildman–Crippen MR) is 80.0 cm³/mol. The van der Waals surface area contributed by atoms with Gasteiger partial charge < -0.3 is 20.1 Å². The van der Waals surface area contributed by atoms with E-state index in [-0.39, 0.29) is 24.7 Å². The van der Waals surface area contributed by atoms with Crippen LogP contribution in [-0.2, 0) is 16.0 Å². The molecule has 1 aromatic carbocycles. The molecular formula is C16H19FN2O3. The van der Waals surface area contributed by atoms with Crippen molar-refractivity contribution >= 4 is 16.8 Å². The molecule has 0 unspecified atom stereocenters. The molecule has 118 valence electrons. The number of carbonyl (C=O) groups is 1. The average Bonchev–Trinajstić information content (AvgIpc) is 2.88. The number of hydrogen-bond donors (Lipinski definition) is 3. The molecule has 0 bridgehead atoms. The molecule has 3 N–H and O–H groups in total. The minimum Gasteiger partial charge on any atom is -0.388 e. The molecule has 1 aliphatic heterocycles. The van der Waals surface area contributed by atoms with E-state index in [4.69, 9.17) is 4.74 Å². The molecule has 22 heavy (non-hydrogen) atoms. The summed E-state index contributed by atoms with van der Waals surface area (Å²) in [7, 11) is 0. The first kappa shape index (κ1) is 15.0. The molecule has 1 aromatic heterocycles. The van der Waals surface area contributed by atoms with E-state index < -0.39 is 5.60 Å². The zero-order valence-electron chi connectivity index (χ0n) is 12.2. The zero-order chi connectivity index (χ0) is 15.6. The van der Waals surface area contributed by atoms with Gasteiger partial charge in [-0.25, -0.2) is 4.39 Å². The van der Waals surface area contributed by atoms with E-state index in [1.807, 2.05) is 0 Å². The van der Waals surface area contributed by atoms with E-state index in [2.05, 4.69) is 10.3 Å². The second kappa shape index (κ2) is 6.06. The highest BCUT2D eigenvalue weighted by molar-refractivity contribution is 5.88. The molecule has 6 heteroatoms. The molecule has 1 fully saturated rings. The minimum absolute atomic E-state index is 0.149. The molecule has 5 nitrogen and oxygen atoms in total. The van der Waals surface area contributed by atoms with Gasteiger partial charge in [-0.3, -0.25) is 4.79 Å². The SMILES string of the molecule is O=C(Cc1c[nH]c2ccc(F)cc12)NCC1(O)CCOCC1. The van der Waals surface area contributed by atoms with Crippen LogP contribution in [0.15, 0.2) is 24.4 Å². The van der Waals surface area contributed by atoms with Crippen LogP contribution in [0.1, 0.15) is 18.4 Å². The third-order valence-corrected chi connectivity index (χ3v) is 4.12.